The largest absolute Gasteiger partial charge is 0.345 e. The van der Waals surface area contributed by atoms with Gasteiger partial charge in [-0.2, -0.15) is 0 Å². The molecule has 0 heterocycles. The van der Waals surface area contributed by atoms with Gasteiger partial charge in [0.05, 0.1) is 12.2 Å². The summed E-state index contributed by atoms with van der Waals surface area (Å²) >= 11 is 0. The zero-order valence-electron chi connectivity index (χ0n) is 22.5. The predicted molar refractivity (Wildman–Crippen MR) is 141 cm³/mol. The molecule has 7 unspecified atom stereocenters. The van der Waals surface area contributed by atoms with Crippen LogP contribution in [0.1, 0.15) is 91.3 Å². The Morgan fingerprint density at radius 1 is 0.886 bits per heavy atom. The first kappa shape index (κ1) is 28.3. The van der Waals surface area contributed by atoms with Crippen molar-refractivity contribution in [1.29, 1.82) is 0 Å². The Hall–Kier alpha value is -1.23. The fourth-order valence-corrected chi connectivity index (χ4v) is 8.68. The lowest BCUT2D eigenvalue weighted by atomic mass is 9.75. The van der Waals surface area contributed by atoms with Gasteiger partial charge in [0.1, 0.15) is 0 Å². The second-order valence-corrected chi connectivity index (χ2v) is 14.0. The van der Waals surface area contributed by atoms with Crippen LogP contribution in [0, 0.1) is 45.6 Å². The first-order chi connectivity index (χ1) is 16.5. The lowest BCUT2D eigenvalue weighted by molar-refractivity contribution is -0.480. The maximum absolute atomic E-state index is 15.0. The average molecular weight is 508 g/mol. The number of nitrogens with zero attached hydrogens (tertiary/aromatic N) is 1. The fraction of sp³-hybridized carbons (Fsp3) is 0.786. The van der Waals surface area contributed by atoms with Crippen LogP contribution in [0.3, 0.4) is 0 Å². The van der Waals surface area contributed by atoms with Gasteiger partial charge in [-0.1, -0.05) is 84.7 Å². The van der Waals surface area contributed by atoms with Crippen LogP contribution in [-0.4, -0.2) is 23.7 Å². The second-order valence-electron chi connectivity index (χ2n) is 11.9. The average Bonchev–Trinajstić information content (AvgIpc) is 2.77. The molecule has 2 fully saturated rings. The summed E-state index contributed by atoms with van der Waals surface area (Å²) in [6.07, 6.45) is 5.46. The van der Waals surface area contributed by atoms with Crippen LogP contribution in [0.25, 0.3) is 0 Å². The highest BCUT2D eigenvalue weighted by Crippen LogP contribution is 2.65. The van der Waals surface area contributed by atoms with Gasteiger partial charge in [-0.05, 0) is 66.8 Å². The van der Waals surface area contributed by atoms with Crippen molar-refractivity contribution in [2.24, 2.45) is 35.5 Å². The number of hydrogen-bond acceptors (Lipinski definition) is 5. The molecule has 6 nitrogen and oxygen atoms in total. The minimum Gasteiger partial charge on any atom is -0.304 e. The SMILES string of the molecule is CC1CCC(C(C)C)C(OP(=O)(OC2CC(C)CCC2C(C)C)C(C[N+](=O)[O-])c2ccccc2)C1. The molecule has 7 heteroatoms. The van der Waals surface area contributed by atoms with Gasteiger partial charge in [0.15, 0.2) is 5.66 Å². The maximum atomic E-state index is 15.0. The van der Waals surface area contributed by atoms with E-state index in [1.165, 1.54) is 0 Å². The fourth-order valence-electron chi connectivity index (χ4n) is 6.23. The van der Waals surface area contributed by atoms with E-state index in [0.29, 0.717) is 29.2 Å². The van der Waals surface area contributed by atoms with Gasteiger partial charge >= 0.3 is 7.60 Å². The number of nitro groups is 1. The Kier molecular flexibility index (Phi) is 9.99. The van der Waals surface area contributed by atoms with E-state index in [9.17, 15) is 14.7 Å². The van der Waals surface area contributed by atoms with Gasteiger partial charge in [0.2, 0.25) is 6.54 Å². The van der Waals surface area contributed by atoms with Gasteiger partial charge < -0.3 is 9.05 Å². The molecule has 2 aliphatic carbocycles. The molecule has 0 N–H and O–H groups in total. The molecule has 198 valence electrons. The third-order valence-corrected chi connectivity index (χ3v) is 10.7. The molecule has 1 aromatic carbocycles. The van der Waals surface area contributed by atoms with Crippen LogP contribution in [0.2, 0.25) is 0 Å². The van der Waals surface area contributed by atoms with Crippen molar-refractivity contribution in [3.63, 3.8) is 0 Å². The monoisotopic (exact) mass is 507 g/mol. The molecule has 0 aromatic heterocycles. The summed E-state index contributed by atoms with van der Waals surface area (Å²) in [6, 6.07) is 9.19. The van der Waals surface area contributed by atoms with E-state index < -0.39 is 19.8 Å². The maximum Gasteiger partial charge on any atom is 0.345 e. The van der Waals surface area contributed by atoms with Crippen molar-refractivity contribution in [2.45, 2.75) is 97.9 Å². The van der Waals surface area contributed by atoms with E-state index in [4.69, 9.17) is 9.05 Å². The van der Waals surface area contributed by atoms with Gasteiger partial charge in [0, 0.05) is 4.92 Å². The van der Waals surface area contributed by atoms with Crippen LogP contribution >= 0.6 is 7.60 Å². The van der Waals surface area contributed by atoms with Crippen LogP contribution in [0.5, 0.6) is 0 Å². The van der Waals surface area contributed by atoms with E-state index in [0.717, 1.165) is 38.5 Å². The molecular weight excluding hydrogens is 461 g/mol. The molecule has 2 aliphatic rings. The number of benzene rings is 1. The second kappa shape index (κ2) is 12.3. The summed E-state index contributed by atoms with van der Waals surface area (Å²) in [7, 11) is -3.89. The van der Waals surface area contributed by atoms with E-state index in [2.05, 4.69) is 41.5 Å². The van der Waals surface area contributed by atoms with Crippen molar-refractivity contribution >= 4 is 7.60 Å². The predicted octanol–water partition coefficient (Wildman–Crippen LogP) is 8.15. The first-order valence-corrected chi connectivity index (χ1v) is 15.2. The molecule has 0 bridgehead atoms. The van der Waals surface area contributed by atoms with Crippen LogP contribution in [0.15, 0.2) is 30.3 Å². The van der Waals surface area contributed by atoms with Gasteiger partial charge in [-0.25, -0.2) is 0 Å². The molecule has 0 aliphatic heterocycles. The normalized spacial score (nSPS) is 32.3. The molecule has 35 heavy (non-hydrogen) atoms. The summed E-state index contributed by atoms with van der Waals surface area (Å²) in [5, 5.41) is 11.8. The zero-order chi connectivity index (χ0) is 25.8. The standard InChI is InChI=1S/C28H46NO5P/c1-19(2)24-14-12-21(5)16-26(24)33-35(32,28(18-29(30)31)23-10-8-7-9-11-23)34-27-17-22(6)13-15-25(27)20(3)4/h7-11,19-22,24-28H,12-18H2,1-6H3. The van der Waals surface area contributed by atoms with E-state index in [1.807, 2.05) is 30.3 Å². The topological polar surface area (TPSA) is 78.7 Å². The summed E-state index contributed by atoms with van der Waals surface area (Å²) in [4.78, 5) is 11.5. The Morgan fingerprint density at radius 2 is 1.34 bits per heavy atom. The van der Waals surface area contributed by atoms with Crippen LogP contribution in [-0.2, 0) is 13.6 Å². The van der Waals surface area contributed by atoms with E-state index in [1.54, 1.807) is 0 Å². The molecule has 0 spiro atoms. The summed E-state index contributed by atoms with van der Waals surface area (Å²) in [5.74, 6) is 2.22. The van der Waals surface area contributed by atoms with E-state index >= 15 is 0 Å². The molecule has 1 aromatic rings. The lowest BCUT2D eigenvalue weighted by Crippen LogP contribution is -2.37. The Labute approximate surface area is 212 Å². The van der Waals surface area contributed by atoms with E-state index in [-0.39, 0.29) is 29.0 Å². The zero-order valence-corrected chi connectivity index (χ0v) is 23.4. The summed E-state index contributed by atoms with van der Waals surface area (Å²) in [6.45, 7) is 12.7. The molecule has 3 rings (SSSR count). The third-order valence-electron chi connectivity index (χ3n) is 8.38. The van der Waals surface area contributed by atoms with Crippen LogP contribution in [0.4, 0.5) is 0 Å². The highest BCUT2D eigenvalue weighted by atomic mass is 31.2. The number of hydrogen-bond donors (Lipinski definition) is 0. The third kappa shape index (κ3) is 7.40. The summed E-state index contributed by atoms with van der Waals surface area (Å²) < 4.78 is 28.3. The molecule has 2 saturated carbocycles. The Morgan fingerprint density at radius 3 is 1.74 bits per heavy atom. The van der Waals surface area contributed by atoms with Crippen molar-refractivity contribution in [3.05, 3.63) is 46.0 Å². The van der Waals surface area contributed by atoms with Crippen LogP contribution < -0.4 is 0 Å². The number of rotatable bonds is 10. The lowest BCUT2D eigenvalue weighted by Gasteiger charge is -2.43. The minimum atomic E-state index is -3.89. The Bertz CT molecular complexity index is 822. The van der Waals surface area contributed by atoms with Crippen molar-refractivity contribution in [1.82, 2.24) is 0 Å². The molecule has 0 radical (unpaired) electrons. The van der Waals surface area contributed by atoms with Crippen molar-refractivity contribution in [3.8, 4) is 0 Å². The summed E-state index contributed by atoms with van der Waals surface area (Å²) in [5.41, 5.74) is -0.267. The molecular formula is C28H46NO5P. The van der Waals surface area contributed by atoms with Crippen molar-refractivity contribution in [2.75, 3.05) is 6.54 Å². The molecule has 7 atom stereocenters. The highest BCUT2D eigenvalue weighted by molar-refractivity contribution is 7.54. The van der Waals surface area contributed by atoms with Gasteiger partial charge in [-0.15, -0.1) is 0 Å². The highest BCUT2D eigenvalue weighted by Gasteiger charge is 2.48. The Balaban J connectivity index is 2.03. The van der Waals surface area contributed by atoms with Crippen molar-refractivity contribution < 1.29 is 18.5 Å². The molecule has 0 amide bonds. The smallest absolute Gasteiger partial charge is 0.304 e. The van der Waals surface area contributed by atoms with Gasteiger partial charge in [-0.3, -0.25) is 14.7 Å². The first-order valence-electron chi connectivity index (χ1n) is 13.6. The minimum absolute atomic E-state index is 0.221. The molecule has 0 saturated heterocycles. The van der Waals surface area contributed by atoms with Gasteiger partial charge in [0.25, 0.3) is 0 Å². The quantitative estimate of drug-likeness (QED) is 0.181.